The second-order valence-corrected chi connectivity index (χ2v) is 6.92. The number of hydrogen-bond donors (Lipinski definition) is 1. The van der Waals surface area contributed by atoms with Gasteiger partial charge in [0.05, 0.1) is 5.69 Å². The van der Waals surface area contributed by atoms with Crippen LogP contribution in [-0.4, -0.2) is 16.8 Å². The molecule has 0 saturated carbocycles. The van der Waals surface area contributed by atoms with Crippen molar-refractivity contribution in [3.8, 4) is 0 Å². The van der Waals surface area contributed by atoms with Gasteiger partial charge in [-0.2, -0.15) is 5.10 Å². The second kappa shape index (κ2) is 6.60. The molecule has 1 aromatic heterocycles. The van der Waals surface area contributed by atoms with E-state index in [9.17, 15) is 0 Å². The van der Waals surface area contributed by atoms with E-state index >= 15 is 0 Å². The van der Waals surface area contributed by atoms with Gasteiger partial charge in [-0.15, -0.1) is 0 Å². The predicted octanol–water partition coefficient (Wildman–Crippen LogP) is 4.41. The van der Waals surface area contributed by atoms with Crippen LogP contribution >= 0.6 is 43.5 Å². The summed E-state index contributed by atoms with van der Waals surface area (Å²) in [5, 5.41) is 8.42. The number of aryl methyl sites for hydroxylation is 2. The van der Waals surface area contributed by atoms with E-state index in [1.807, 2.05) is 27.1 Å². The van der Waals surface area contributed by atoms with E-state index in [4.69, 9.17) is 11.6 Å². The van der Waals surface area contributed by atoms with Gasteiger partial charge in [0.2, 0.25) is 0 Å². The van der Waals surface area contributed by atoms with Crippen LogP contribution in [0.25, 0.3) is 0 Å². The highest BCUT2D eigenvalue weighted by molar-refractivity contribution is 9.11. The fourth-order valence-corrected chi connectivity index (χ4v) is 3.85. The fraction of sp³-hybridized carbons (Fsp3) is 0.357. The van der Waals surface area contributed by atoms with Crippen LogP contribution < -0.4 is 5.32 Å². The maximum Gasteiger partial charge on any atom is 0.130 e. The third-order valence-corrected chi connectivity index (χ3v) is 4.70. The van der Waals surface area contributed by atoms with Crippen LogP contribution in [0.4, 0.5) is 0 Å². The average molecular weight is 422 g/mol. The van der Waals surface area contributed by atoms with Gasteiger partial charge in [0.1, 0.15) is 5.15 Å². The Labute approximate surface area is 141 Å². The minimum atomic E-state index is 0.184. The van der Waals surface area contributed by atoms with Crippen molar-refractivity contribution in [1.82, 2.24) is 15.1 Å². The SMILES string of the molecule is CNC(Cc1c(C)nn(C)c1Cl)c1cc(Br)cc(Br)c1. The van der Waals surface area contributed by atoms with Crippen molar-refractivity contribution in [2.24, 2.45) is 7.05 Å². The Morgan fingerprint density at radius 3 is 2.35 bits per heavy atom. The minimum Gasteiger partial charge on any atom is -0.313 e. The zero-order chi connectivity index (χ0) is 14.9. The van der Waals surface area contributed by atoms with E-state index in [0.717, 1.165) is 26.6 Å². The topological polar surface area (TPSA) is 29.9 Å². The highest BCUT2D eigenvalue weighted by Gasteiger charge is 2.18. The molecule has 6 heteroatoms. The zero-order valence-electron chi connectivity index (χ0n) is 11.5. The largest absolute Gasteiger partial charge is 0.313 e. The quantitative estimate of drug-likeness (QED) is 0.793. The molecule has 0 spiro atoms. The van der Waals surface area contributed by atoms with E-state index < -0.39 is 0 Å². The highest BCUT2D eigenvalue weighted by atomic mass is 79.9. The molecule has 0 aliphatic rings. The molecule has 0 radical (unpaired) electrons. The summed E-state index contributed by atoms with van der Waals surface area (Å²) in [5.74, 6) is 0. The lowest BCUT2D eigenvalue weighted by atomic mass is 9.99. The van der Waals surface area contributed by atoms with Gasteiger partial charge in [0.15, 0.2) is 0 Å². The van der Waals surface area contributed by atoms with Gasteiger partial charge >= 0.3 is 0 Å². The number of aromatic nitrogens is 2. The normalized spacial score (nSPS) is 12.7. The van der Waals surface area contributed by atoms with Crippen molar-refractivity contribution in [3.63, 3.8) is 0 Å². The summed E-state index contributed by atoms with van der Waals surface area (Å²) in [5.41, 5.74) is 3.27. The van der Waals surface area contributed by atoms with Gasteiger partial charge in [-0.05, 0) is 44.2 Å². The first-order chi connectivity index (χ1) is 9.42. The molecule has 0 bridgehead atoms. The van der Waals surface area contributed by atoms with Crippen molar-refractivity contribution in [3.05, 3.63) is 49.1 Å². The number of nitrogens with zero attached hydrogens (tertiary/aromatic N) is 2. The van der Waals surface area contributed by atoms with Gasteiger partial charge in [-0.1, -0.05) is 43.5 Å². The number of halogens is 3. The van der Waals surface area contributed by atoms with Crippen LogP contribution in [0.1, 0.15) is 22.9 Å². The highest BCUT2D eigenvalue weighted by Crippen LogP contribution is 2.29. The first kappa shape index (κ1) is 16.0. The maximum absolute atomic E-state index is 6.32. The van der Waals surface area contributed by atoms with Gasteiger partial charge in [0.25, 0.3) is 0 Å². The molecule has 0 fully saturated rings. The Balaban J connectivity index is 2.33. The lowest BCUT2D eigenvalue weighted by molar-refractivity contribution is 0.590. The Bertz CT molecular complexity index is 605. The van der Waals surface area contributed by atoms with Gasteiger partial charge in [-0.3, -0.25) is 4.68 Å². The number of rotatable bonds is 4. The van der Waals surface area contributed by atoms with Gasteiger partial charge < -0.3 is 5.32 Å². The predicted molar refractivity (Wildman–Crippen MR) is 90.3 cm³/mol. The molecule has 3 nitrogen and oxygen atoms in total. The van der Waals surface area contributed by atoms with E-state index in [0.29, 0.717) is 5.15 Å². The monoisotopic (exact) mass is 419 g/mol. The first-order valence-corrected chi connectivity index (χ1v) is 8.20. The third kappa shape index (κ3) is 3.45. The Kier molecular flexibility index (Phi) is 5.29. The van der Waals surface area contributed by atoms with E-state index in [2.05, 4.69) is 54.4 Å². The van der Waals surface area contributed by atoms with Crippen LogP contribution in [0, 0.1) is 6.92 Å². The molecule has 0 aliphatic carbocycles. The van der Waals surface area contributed by atoms with Crippen LogP contribution in [0.5, 0.6) is 0 Å². The van der Waals surface area contributed by atoms with Crippen LogP contribution in [-0.2, 0) is 13.5 Å². The molecule has 2 aromatic rings. The minimum absolute atomic E-state index is 0.184. The summed E-state index contributed by atoms with van der Waals surface area (Å²) >= 11 is 13.4. The van der Waals surface area contributed by atoms with E-state index in [1.54, 1.807) is 4.68 Å². The molecule has 0 amide bonds. The molecule has 108 valence electrons. The summed E-state index contributed by atoms with van der Waals surface area (Å²) in [7, 11) is 3.82. The molecule has 0 saturated heterocycles. The van der Waals surface area contributed by atoms with Gasteiger partial charge in [0, 0.05) is 27.6 Å². The number of likely N-dealkylation sites (N-methyl/N-ethyl adjacent to an activating group) is 1. The number of hydrogen-bond acceptors (Lipinski definition) is 2. The standard InChI is InChI=1S/C14H16Br2ClN3/c1-8-12(14(17)20(3)19-8)7-13(18-2)9-4-10(15)6-11(16)5-9/h4-6,13,18H,7H2,1-3H3. The maximum atomic E-state index is 6.32. The number of nitrogens with one attached hydrogen (secondary N) is 1. The smallest absolute Gasteiger partial charge is 0.130 e. The van der Waals surface area contributed by atoms with Crippen molar-refractivity contribution in [1.29, 1.82) is 0 Å². The van der Waals surface area contributed by atoms with Gasteiger partial charge in [-0.25, -0.2) is 0 Å². The van der Waals surface area contributed by atoms with Crippen LogP contribution in [0.3, 0.4) is 0 Å². The molecule has 1 atom stereocenters. The summed E-state index contributed by atoms with van der Waals surface area (Å²) < 4.78 is 3.82. The molecule has 1 aromatic carbocycles. The zero-order valence-corrected chi connectivity index (χ0v) is 15.5. The summed E-state index contributed by atoms with van der Waals surface area (Å²) in [6.07, 6.45) is 0.803. The summed E-state index contributed by atoms with van der Waals surface area (Å²) in [6, 6.07) is 6.44. The van der Waals surface area contributed by atoms with E-state index in [-0.39, 0.29) is 6.04 Å². The van der Waals surface area contributed by atoms with Crippen molar-refractivity contribution in [2.75, 3.05) is 7.05 Å². The lowest BCUT2D eigenvalue weighted by Gasteiger charge is -2.17. The Hall–Kier alpha value is -0.360. The average Bonchev–Trinajstić information content (AvgIpc) is 2.60. The van der Waals surface area contributed by atoms with Crippen molar-refractivity contribution < 1.29 is 0 Å². The molecule has 2 rings (SSSR count). The van der Waals surface area contributed by atoms with E-state index in [1.165, 1.54) is 5.56 Å². The summed E-state index contributed by atoms with van der Waals surface area (Å²) in [6.45, 7) is 1.99. The van der Waals surface area contributed by atoms with Crippen LogP contribution in [0.2, 0.25) is 5.15 Å². The first-order valence-electron chi connectivity index (χ1n) is 6.23. The molecular weight excluding hydrogens is 405 g/mol. The Morgan fingerprint density at radius 1 is 1.30 bits per heavy atom. The lowest BCUT2D eigenvalue weighted by Crippen LogP contribution is -2.19. The third-order valence-electron chi connectivity index (χ3n) is 3.31. The molecular formula is C14H16Br2ClN3. The molecule has 0 aliphatic heterocycles. The summed E-state index contributed by atoms with van der Waals surface area (Å²) in [4.78, 5) is 0. The van der Waals surface area contributed by atoms with Crippen molar-refractivity contribution in [2.45, 2.75) is 19.4 Å². The Morgan fingerprint density at radius 2 is 1.90 bits per heavy atom. The fourth-order valence-electron chi connectivity index (χ4n) is 2.27. The second-order valence-electron chi connectivity index (χ2n) is 4.73. The van der Waals surface area contributed by atoms with Crippen LogP contribution in [0.15, 0.2) is 27.1 Å². The number of benzene rings is 1. The molecule has 1 heterocycles. The van der Waals surface area contributed by atoms with Crippen molar-refractivity contribution >= 4 is 43.5 Å². The molecule has 1 N–H and O–H groups in total. The molecule has 1 unspecified atom stereocenters. The molecule has 20 heavy (non-hydrogen) atoms.